The topological polar surface area (TPSA) is 116 Å². The van der Waals surface area contributed by atoms with E-state index < -0.39 is 29.4 Å². The highest BCUT2D eigenvalue weighted by Gasteiger charge is 2.55. The SMILES string of the molecule is COc1ccc(C[C@H]2COC(=O)[C@@]2(Cc2cc(OC)c(OC(C)=O)c(OC)c2)OC(C)=O)cc1OC. The van der Waals surface area contributed by atoms with Crippen molar-refractivity contribution >= 4 is 17.9 Å². The van der Waals surface area contributed by atoms with Crippen LogP contribution < -0.4 is 23.7 Å². The molecule has 0 N–H and O–H groups in total. The number of carbonyl (C=O) groups is 3. The van der Waals surface area contributed by atoms with Gasteiger partial charge in [0, 0.05) is 26.2 Å². The fourth-order valence-electron chi connectivity index (χ4n) is 4.33. The number of methoxy groups -OCH3 is 4. The maximum Gasteiger partial charge on any atom is 0.351 e. The molecular formula is C26H30O10. The van der Waals surface area contributed by atoms with Gasteiger partial charge in [-0.15, -0.1) is 0 Å². The molecular weight excluding hydrogens is 472 g/mol. The number of benzene rings is 2. The molecule has 0 spiro atoms. The van der Waals surface area contributed by atoms with E-state index in [9.17, 15) is 14.4 Å². The number of esters is 3. The standard InChI is InChI=1S/C26H30O10/c1-15(27)35-24-22(32-5)11-18(12-23(24)33-6)13-26(36-16(2)28)19(14-34-25(26)29)9-17-7-8-20(30-3)21(10-17)31-4/h7-8,10-12,19H,9,13-14H2,1-6H3/t19-,26-/m0/s1. The van der Waals surface area contributed by atoms with Crippen molar-refractivity contribution in [2.75, 3.05) is 35.0 Å². The number of hydrogen-bond donors (Lipinski definition) is 0. The van der Waals surface area contributed by atoms with Gasteiger partial charge in [-0.1, -0.05) is 6.07 Å². The summed E-state index contributed by atoms with van der Waals surface area (Å²) in [6, 6.07) is 8.63. The molecule has 3 rings (SSSR count). The van der Waals surface area contributed by atoms with Gasteiger partial charge in [-0.2, -0.15) is 0 Å². The predicted molar refractivity (Wildman–Crippen MR) is 127 cm³/mol. The third-order valence-electron chi connectivity index (χ3n) is 5.91. The first-order valence-corrected chi connectivity index (χ1v) is 11.2. The molecule has 1 saturated heterocycles. The van der Waals surface area contributed by atoms with E-state index in [1.165, 1.54) is 35.2 Å². The predicted octanol–water partition coefficient (Wildman–Crippen LogP) is 2.91. The Hall–Kier alpha value is -3.95. The highest BCUT2D eigenvalue weighted by molar-refractivity contribution is 5.86. The smallest absolute Gasteiger partial charge is 0.351 e. The molecule has 10 heteroatoms. The molecule has 0 aromatic heterocycles. The van der Waals surface area contributed by atoms with Crippen molar-refractivity contribution in [2.24, 2.45) is 5.92 Å². The van der Waals surface area contributed by atoms with Crippen LogP contribution in [0.1, 0.15) is 25.0 Å². The lowest BCUT2D eigenvalue weighted by molar-refractivity contribution is -0.174. The molecule has 0 bridgehead atoms. The zero-order chi connectivity index (χ0) is 26.5. The molecule has 1 heterocycles. The number of carbonyl (C=O) groups excluding carboxylic acids is 3. The van der Waals surface area contributed by atoms with Crippen LogP contribution in [-0.4, -0.2) is 58.6 Å². The van der Waals surface area contributed by atoms with E-state index in [1.54, 1.807) is 31.4 Å². The van der Waals surface area contributed by atoms with Crippen LogP contribution in [-0.2, 0) is 36.7 Å². The van der Waals surface area contributed by atoms with Crippen LogP contribution in [0.2, 0.25) is 0 Å². The fraction of sp³-hybridized carbons (Fsp3) is 0.423. The second kappa shape index (κ2) is 11.2. The molecule has 1 fully saturated rings. The van der Waals surface area contributed by atoms with Crippen LogP contribution >= 0.6 is 0 Å². The van der Waals surface area contributed by atoms with Crippen LogP contribution in [0.15, 0.2) is 30.3 Å². The molecule has 0 amide bonds. The van der Waals surface area contributed by atoms with Crippen LogP contribution in [0.4, 0.5) is 0 Å². The van der Waals surface area contributed by atoms with Gasteiger partial charge in [0.25, 0.3) is 0 Å². The highest BCUT2D eigenvalue weighted by atomic mass is 16.6. The lowest BCUT2D eigenvalue weighted by atomic mass is 9.80. The first kappa shape index (κ1) is 26.7. The van der Waals surface area contributed by atoms with Crippen LogP contribution in [0.5, 0.6) is 28.7 Å². The first-order valence-electron chi connectivity index (χ1n) is 11.2. The van der Waals surface area contributed by atoms with E-state index in [-0.39, 0.29) is 30.3 Å². The van der Waals surface area contributed by atoms with Gasteiger partial charge >= 0.3 is 17.9 Å². The molecule has 10 nitrogen and oxygen atoms in total. The molecule has 1 aliphatic heterocycles. The third kappa shape index (κ3) is 5.48. The lowest BCUT2D eigenvalue weighted by Crippen LogP contribution is -2.48. The highest BCUT2D eigenvalue weighted by Crippen LogP contribution is 2.43. The van der Waals surface area contributed by atoms with Gasteiger partial charge < -0.3 is 33.2 Å². The minimum Gasteiger partial charge on any atom is -0.493 e. The Kier molecular flexibility index (Phi) is 8.29. The summed E-state index contributed by atoms with van der Waals surface area (Å²) in [5, 5.41) is 0. The minimum atomic E-state index is -1.60. The summed E-state index contributed by atoms with van der Waals surface area (Å²) in [6.45, 7) is 2.56. The van der Waals surface area contributed by atoms with Crippen molar-refractivity contribution in [3.8, 4) is 28.7 Å². The summed E-state index contributed by atoms with van der Waals surface area (Å²) in [7, 11) is 5.91. The second-order valence-electron chi connectivity index (χ2n) is 8.27. The van der Waals surface area contributed by atoms with E-state index in [4.69, 9.17) is 33.2 Å². The molecule has 36 heavy (non-hydrogen) atoms. The molecule has 0 saturated carbocycles. The minimum absolute atomic E-state index is 0.0174. The maximum atomic E-state index is 13.1. The summed E-state index contributed by atoms with van der Waals surface area (Å²) in [5.74, 6) is -0.671. The fourth-order valence-corrected chi connectivity index (χ4v) is 4.33. The molecule has 1 aliphatic rings. The van der Waals surface area contributed by atoms with Crippen molar-refractivity contribution < 1.29 is 47.5 Å². The van der Waals surface area contributed by atoms with Gasteiger partial charge in [0.2, 0.25) is 11.4 Å². The Morgan fingerprint density at radius 3 is 1.97 bits per heavy atom. The average molecular weight is 503 g/mol. The number of hydrogen-bond acceptors (Lipinski definition) is 10. The largest absolute Gasteiger partial charge is 0.493 e. The lowest BCUT2D eigenvalue weighted by Gasteiger charge is -2.31. The quantitative estimate of drug-likeness (QED) is 0.355. The van der Waals surface area contributed by atoms with Crippen molar-refractivity contribution in [2.45, 2.75) is 32.3 Å². The Balaban J connectivity index is 2.03. The summed E-state index contributed by atoms with van der Waals surface area (Å²) in [5.41, 5.74) is -0.206. The van der Waals surface area contributed by atoms with E-state index in [1.807, 2.05) is 6.07 Å². The monoisotopic (exact) mass is 502 g/mol. The van der Waals surface area contributed by atoms with Gasteiger partial charge in [-0.25, -0.2) is 4.79 Å². The summed E-state index contributed by atoms with van der Waals surface area (Å²) >= 11 is 0. The molecule has 194 valence electrons. The number of cyclic esters (lactones) is 1. The van der Waals surface area contributed by atoms with E-state index in [0.717, 1.165) is 5.56 Å². The number of rotatable bonds is 10. The maximum absolute atomic E-state index is 13.1. The van der Waals surface area contributed by atoms with Gasteiger partial charge in [-0.3, -0.25) is 9.59 Å². The van der Waals surface area contributed by atoms with Crippen molar-refractivity contribution in [3.63, 3.8) is 0 Å². The molecule has 0 radical (unpaired) electrons. The summed E-state index contributed by atoms with van der Waals surface area (Å²) in [4.78, 5) is 36.8. The Bertz CT molecular complexity index is 1120. The Morgan fingerprint density at radius 1 is 0.861 bits per heavy atom. The zero-order valence-corrected chi connectivity index (χ0v) is 21.2. The third-order valence-corrected chi connectivity index (χ3v) is 5.91. The van der Waals surface area contributed by atoms with Crippen LogP contribution in [0, 0.1) is 5.92 Å². The van der Waals surface area contributed by atoms with Crippen molar-refractivity contribution in [3.05, 3.63) is 41.5 Å². The molecule has 0 aliphatic carbocycles. The van der Waals surface area contributed by atoms with Gasteiger partial charge in [-0.05, 0) is 41.8 Å². The number of ether oxygens (including phenoxy) is 7. The first-order chi connectivity index (χ1) is 17.2. The van der Waals surface area contributed by atoms with E-state index >= 15 is 0 Å². The Morgan fingerprint density at radius 2 is 1.44 bits per heavy atom. The molecule has 0 unspecified atom stereocenters. The van der Waals surface area contributed by atoms with Crippen molar-refractivity contribution in [1.29, 1.82) is 0 Å². The van der Waals surface area contributed by atoms with E-state index in [2.05, 4.69) is 0 Å². The van der Waals surface area contributed by atoms with Gasteiger partial charge in [0.1, 0.15) is 0 Å². The zero-order valence-electron chi connectivity index (χ0n) is 21.2. The van der Waals surface area contributed by atoms with Crippen LogP contribution in [0.3, 0.4) is 0 Å². The average Bonchev–Trinajstić information content (AvgIpc) is 3.12. The second-order valence-corrected chi connectivity index (χ2v) is 8.27. The molecule has 2 aromatic rings. The Labute approximate surface area is 209 Å². The molecule has 2 atom stereocenters. The van der Waals surface area contributed by atoms with Crippen LogP contribution in [0.25, 0.3) is 0 Å². The molecule has 2 aromatic carbocycles. The van der Waals surface area contributed by atoms with Gasteiger partial charge in [0.05, 0.1) is 35.0 Å². The summed E-state index contributed by atoms with van der Waals surface area (Å²) in [6.07, 6.45) is 0.343. The van der Waals surface area contributed by atoms with Crippen molar-refractivity contribution in [1.82, 2.24) is 0 Å². The normalized spacial score (nSPS) is 18.7. The van der Waals surface area contributed by atoms with Gasteiger partial charge in [0.15, 0.2) is 23.0 Å². The van der Waals surface area contributed by atoms with E-state index in [0.29, 0.717) is 23.5 Å². The summed E-state index contributed by atoms with van der Waals surface area (Å²) < 4.78 is 37.9.